The summed E-state index contributed by atoms with van der Waals surface area (Å²) >= 11 is 5.80. The summed E-state index contributed by atoms with van der Waals surface area (Å²) in [7, 11) is 0. The van der Waals surface area contributed by atoms with Crippen LogP contribution in [0.15, 0.2) is 18.3 Å². The topological polar surface area (TPSA) is 42.0 Å². The van der Waals surface area contributed by atoms with Gasteiger partial charge in [0.25, 0.3) is 5.91 Å². The fourth-order valence-electron chi connectivity index (χ4n) is 1.52. The van der Waals surface area contributed by atoms with Gasteiger partial charge >= 0.3 is 0 Å². The van der Waals surface area contributed by atoms with Crippen LogP contribution in [0.25, 0.3) is 0 Å². The lowest BCUT2D eigenvalue weighted by Gasteiger charge is -2.15. The van der Waals surface area contributed by atoms with Crippen LogP contribution < -0.4 is 5.32 Å². The highest BCUT2D eigenvalue weighted by atomic mass is 35.5. The van der Waals surface area contributed by atoms with E-state index in [4.69, 9.17) is 11.6 Å². The van der Waals surface area contributed by atoms with Crippen molar-refractivity contribution in [3.63, 3.8) is 0 Å². The van der Waals surface area contributed by atoms with Crippen molar-refractivity contribution in [2.24, 2.45) is 0 Å². The lowest BCUT2D eigenvalue weighted by atomic mass is 10.1. The Morgan fingerprint density at radius 2 is 2.31 bits per heavy atom. The molecular weight excluding hydrogens is 224 g/mol. The lowest BCUT2D eigenvalue weighted by Crippen LogP contribution is -2.34. The summed E-state index contributed by atoms with van der Waals surface area (Å²) < 4.78 is 0. The zero-order chi connectivity index (χ0) is 12.0. The van der Waals surface area contributed by atoms with Crippen LogP contribution in [0, 0.1) is 0 Å². The van der Waals surface area contributed by atoms with Gasteiger partial charge < -0.3 is 5.32 Å². The van der Waals surface area contributed by atoms with Gasteiger partial charge in [-0.3, -0.25) is 9.78 Å². The number of hydrogen-bond acceptors (Lipinski definition) is 2. The molecule has 3 nitrogen and oxygen atoms in total. The number of hydrogen-bond donors (Lipinski definition) is 1. The van der Waals surface area contributed by atoms with Crippen molar-refractivity contribution in [3.8, 4) is 0 Å². The summed E-state index contributed by atoms with van der Waals surface area (Å²) in [5.74, 6) is -0.150. The number of aromatic nitrogens is 1. The van der Waals surface area contributed by atoms with Crippen LogP contribution >= 0.6 is 11.6 Å². The molecule has 0 aliphatic carbocycles. The minimum Gasteiger partial charge on any atom is -0.348 e. The molecule has 0 spiro atoms. The predicted molar refractivity (Wildman–Crippen MR) is 65.7 cm³/mol. The number of rotatable bonds is 5. The number of carbonyl (C=O) groups is 1. The van der Waals surface area contributed by atoms with Crippen molar-refractivity contribution >= 4 is 17.5 Å². The Labute approximate surface area is 101 Å². The average molecular weight is 241 g/mol. The molecule has 0 saturated carbocycles. The molecule has 1 aromatic heterocycles. The third-order valence-electron chi connectivity index (χ3n) is 2.42. The van der Waals surface area contributed by atoms with Gasteiger partial charge in [0.15, 0.2) is 0 Å². The van der Waals surface area contributed by atoms with Crippen molar-refractivity contribution in [2.75, 3.05) is 0 Å². The number of halogens is 1. The Morgan fingerprint density at radius 3 is 2.88 bits per heavy atom. The van der Waals surface area contributed by atoms with Gasteiger partial charge in [0.1, 0.15) is 5.69 Å². The van der Waals surface area contributed by atoms with Gasteiger partial charge in [0.2, 0.25) is 0 Å². The van der Waals surface area contributed by atoms with Crippen molar-refractivity contribution in [3.05, 3.63) is 29.0 Å². The van der Waals surface area contributed by atoms with Gasteiger partial charge in [-0.1, -0.05) is 31.9 Å². The fraction of sp³-hybridized carbons (Fsp3) is 0.500. The second-order valence-corrected chi connectivity index (χ2v) is 4.16. The van der Waals surface area contributed by atoms with E-state index < -0.39 is 0 Å². The molecule has 16 heavy (non-hydrogen) atoms. The number of pyridine rings is 1. The highest BCUT2D eigenvalue weighted by molar-refractivity contribution is 6.30. The molecule has 1 heterocycles. The molecule has 0 aliphatic rings. The molecule has 0 bridgehead atoms. The van der Waals surface area contributed by atoms with Gasteiger partial charge in [-0.2, -0.15) is 0 Å². The van der Waals surface area contributed by atoms with Gasteiger partial charge in [0.05, 0.1) is 0 Å². The number of nitrogens with one attached hydrogen (secondary N) is 1. The monoisotopic (exact) mass is 240 g/mol. The van der Waals surface area contributed by atoms with Crippen molar-refractivity contribution < 1.29 is 4.79 Å². The summed E-state index contributed by atoms with van der Waals surface area (Å²) in [6, 6.07) is 3.45. The number of amides is 1. The van der Waals surface area contributed by atoms with Gasteiger partial charge in [-0.25, -0.2) is 0 Å². The van der Waals surface area contributed by atoms with E-state index in [0.29, 0.717) is 10.7 Å². The summed E-state index contributed by atoms with van der Waals surface area (Å²) in [6.45, 7) is 4.17. The first-order chi connectivity index (χ1) is 7.67. The highest BCUT2D eigenvalue weighted by Gasteiger charge is 2.12. The summed E-state index contributed by atoms with van der Waals surface area (Å²) in [5, 5.41) is 3.48. The molecule has 0 saturated heterocycles. The molecule has 0 aliphatic heterocycles. The van der Waals surface area contributed by atoms with Crippen LogP contribution in [0.4, 0.5) is 0 Å². The second-order valence-electron chi connectivity index (χ2n) is 3.73. The zero-order valence-corrected chi connectivity index (χ0v) is 10.4. The van der Waals surface area contributed by atoms with Gasteiger partial charge in [-0.05, 0) is 25.0 Å². The maximum atomic E-state index is 11.8. The minimum atomic E-state index is -0.150. The third kappa shape index (κ3) is 3.81. The average Bonchev–Trinajstić information content (AvgIpc) is 2.28. The molecule has 1 N–H and O–H groups in total. The van der Waals surface area contributed by atoms with Crippen LogP contribution in [0.5, 0.6) is 0 Å². The van der Waals surface area contributed by atoms with Crippen LogP contribution in [0.2, 0.25) is 5.02 Å². The molecule has 1 atom stereocenters. The van der Waals surface area contributed by atoms with Crippen molar-refractivity contribution in [2.45, 2.75) is 39.2 Å². The predicted octanol–water partition coefficient (Wildman–Crippen LogP) is 3.04. The van der Waals surface area contributed by atoms with E-state index >= 15 is 0 Å². The molecule has 1 amide bonds. The highest BCUT2D eigenvalue weighted by Crippen LogP contribution is 2.09. The lowest BCUT2D eigenvalue weighted by molar-refractivity contribution is 0.0928. The maximum Gasteiger partial charge on any atom is 0.270 e. The number of carbonyl (C=O) groups excluding carboxylic acids is 1. The summed E-state index contributed by atoms with van der Waals surface area (Å²) in [4.78, 5) is 15.8. The molecular formula is C12H17ClN2O. The van der Waals surface area contributed by atoms with Gasteiger partial charge in [0, 0.05) is 17.3 Å². The normalized spacial score (nSPS) is 12.2. The summed E-state index contributed by atoms with van der Waals surface area (Å²) in [6.07, 6.45) is 4.52. The van der Waals surface area contributed by atoms with E-state index in [1.807, 2.05) is 0 Å². The quantitative estimate of drug-likeness (QED) is 0.860. The molecule has 4 heteroatoms. The van der Waals surface area contributed by atoms with E-state index in [2.05, 4.69) is 24.1 Å². The smallest absolute Gasteiger partial charge is 0.270 e. The first-order valence-corrected chi connectivity index (χ1v) is 5.97. The SMILES string of the molecule is CCCC(CC)NC(=O)c1cc(Cl)ccn1. The molecule has 0 radical (unpaired) electrons. The first-order valence-electron chi connectivity index (χ1n) is 5.59. The fourth-order valence-corrected chi connectivity index (χ4v) is 1.67. The second kappa shape index (κ2) is 6.48. The van der Waals surface area contributed by atoms with Crippen LogP contribution in [-0.4, -0.2) is 16.9 Å². The van der Waals surface area contributed by atoms with E-state index in [-0.39, 0.29) is 11.9 Å². The molecule has 0 aromatic carbocycles. The Balaban J connectivity index is 2.64. The zero-order valence-electron chi connectivity index (χ0n) is 9.66. The Kier molecular flexibility index (Phi) is 5.26. The molecule has 88 valence electrons. The molecule has 1 rings (SSSR count). The third-order valence-corrected chi connectivity index (χ3v) is 2.65. The standard InChI is InChI=1S/C12H17ClN2O/c1-3-5-10(4-2)15-12(16)11-8-9(13)6-7-14-11/h6-8,10H,3-5H2,1-2H3,(H,15,16). The van der Waals surface area contributed by atoms with E-state index in [1.54, 1.807) is 12.1 Å². The van der Waals surface area contributed by atoms with Crippen LogP contribution in [-0.2, 0) is 0 Å². The van der Waals surface area contributed by atoms with Crippen molar-refractivity contribution in [1.29, 1.82) is 0 Å². The van der Waals surface area contributed by atoms with Crippen LogP contribution in [0.1, 0.15) is 43.6 Å². The Morgan fingerprint density at radius 1 is 1.56 bits per heavy atom. The molecule has 1 aromatic rings. The molecule has 0 fully saturated rings. The maximum absolute atomic E-state index is 11.8. The van der Waals surface area contributed by atoms with E-state index in [9.17, 15) is 4.79 Å². The van der Waals surface area contributed by atoms with E-state index in [1.165, 1.54) is 6.20 Å². The van der Waals surface area contributed by atoms with Gasteiger partial charge in [-0.15, -0.1) is 0 Å². The first kappa shape index (κ1) is 13.0. The largest absolute Gasteiger partial charge is 0.348 e. The number of nitrogens with zero attached hydrogens (tertiary/aromatic N) is 1. The summed E-state index contributed by atoms with van der Waals surface area (Å²) in [5.41, 5.74) is 0.377. The van der Waals surface area contributed by atoms with E-state index in [0.717, 1.165) is 19.3 Å². The van der Waals surface area contributed by atoms with Crippen LogP contribution in [0.3, 0.4) is 0 Å². The molecule has 1 unspecified atom stereocenters. The minimum absolute atomic E-state index is 0.150. The Hall–Kier alpha value is -1.09. The Bertz CT molecular complexity index is 355. The van der Waals surface area contributed by atoms with Crippen molar-refractivity contribution in [1.82, 2.24) is 10.3 Å².